The molecule has 0 bridgehead atoms. The summed E-state index contributed by atoms with van der Waals surface area (Å²) < 4.78 is 33.8. The number of ether oxygens (including phenoxy) is 1. The van der Waals surface area contributed by atoms with Crippen molar-refractivity contribution in [3.05, 3.63) is 63.2 Å². The Balaban J connectivity index is 2.01. The van der Waals surface area contributed by atoms with Crippen molar-refractivity contribution in [3.8, 4) is 5.75 Å². The molecule has 1 N–H and O–H groups in total. The summed E-state index contributed by atoms with van der Waals surface area (Å²) >= 11 is 5.92. The molecular weight excluding hydrogens is 380 g/mol. The first-order valence-electron chi connectivity index (χ1n) is 7.90. The van der Waals surface area contributed by atoms with Crippen LogP contribution in [0.1, 0.15) is 24.8 Å². The number of nitro benzene ring substituents is 1. The highest BCUT2D eigenvalue weighted by atomic mass is 35.5. The van der Waals surface area contributed by atoms with Crippen molar-refractivity contribution in [2.45, 2.75) is 29.7 Å². The Labute approximate surface area is 156 Å². The number of hydrogen-bond donors (Lipinski definition) is 1. The molecule has 2 aromatic carbocycles. The maximum atomic E-state index is 13.0. The fraction of sp³-hybridized carbons (Fsp3) is 0.294. The number of rotatable bonds is 6. The van der Waals surface area contributed by atoms with Gasteiger partial charge < -0.3 is 4.74 Å². The Bertz CT molecular complexity index is 940. The van der Waals surface area contributed by atoms with Crippen LogP contribution in [0.15, 0.2) is 47.4 Å². The van der Waals surface area contributed by atoms with Crippen molar-refractivity contribution < 1.29 is 18.1 Å². The van der Waals surface area contributed by atoms with Gasteiger partial charge in [0.25, 0.3) is 5.69 Å². The van der Waals surface area contributed by atoms with Gasteiger partial charge in [-0.2, -0.15) is 0 Å². The zero-order valence-corrected chi connectivity index (χ0v) is 15.5. The van der Waals surface area contributed by atoms with Crippen LogP contribution < -0.4 is 9.46 Å². The number of nitro groups is 1. The third-order valence-corrected chi connectivity index (χ3v) is 6.39. The molecule has 0 amide bonds. The molecule has 0 atom stereocenters. The van der Waals surface area contributed by atoms with Crippen molar-refractivity contribution >= 4 is 27.3 Å². The van der Waals surface area contributed by atoms with Gasteiger partial charge in [-0.15, -0.1) is 0 Å². The van der Waals surface area contributed by atoms with Crippen molar-refractivity contribution in [3.63, 3.8) is 0 Å². The van der Waals surface area contributed by atoms with Crippen LogP contribution in [-0.4, -0.2) is 20.5 Å². The third-order valence-electron chi connectivity index (χ3n) is 4.58. The second-order valence-electron chi connectivity index (χ2n) is 6.14. The fourth-order valence-corrected chi connectivity index (χ4v) is 4.81. The second-order valence-corrected chi connectivity index (χ2v) is 8.23. The monoisotopic (exact) mass is 396 g/mol. The molecule has 9 heteroatoms. The minimum Gasteiger partial charge on any atom is -0.495 e. The van der Waals surface area contributed by atoms with Crippen molar-refractivity contribution in [1.82, 2.24) is 4.72 Å². The van der Waals surface area contributed by atoms with E-state index in [0.717, 1.165) is 18.1 Å². The molecule has 0 saturated heterocycles. The zero-order valence-electron chi connectivity index (χ0n) is 13.9. The fourth-order valence-electron chi connectivity index (χ4n) is 3.05. The lowest BCUT2D eigenvalue weighted by Crippen LogP contribution is -2.50. The maximum absolute atomic E-state index is 13.0. The van der Waals surface area contributed by atoms with Gasteiger partial charge in [0.2, 0.25) is 10.0 Å². The Hall–Kier alpha value is -2.16. The summed E-state index contributed by atoms with van der Waals surface area (Å²) in [7, 11) is -2.73. The summed E-state index contributed by atoms with van der Waals surface area (Å²) in [5.74, 6) is 0.0497. The van der Waals surface area contributed by atoms with E-state index in [1.54, 1.807) is 24.3 Å². The molecule has 7 nitrogen and oxygen atoms in total. The average molecular weight is 397 g/mol. The quantitative estimate of drug-likeness (QED) is 0.594. The van der Waals surface area contributed by atoms with E-state index < -0.39 is 20.5 Å². The molecule has 1 fully saturated rings. The Morgan fingerprint density at radius 3 is 2.35 bits per heavy atom. The van der Waals surface area contributed by atoms with Crippen LogP contribution in [0.3, 0.4) is 0 Å². The molecule has 0 spiro atoms. The van der Waals surface area contributed by atoms with E-state index in [1.807, 2.05) is 0 Å². The van der Waals surface area contributed by atoms with Crippen LogP contribution in [0.25, 0.3) is 0 Å². The van der Waals surface area contributed by atoms with Crippen LogP contribution in [0.5, 0.6) is 5.75 Å². The van der Waals surface area contributed by atoms with Gasteiger partial charge in [-0.1, -0.05) is 23.7 Å². The number of halogens is 1. The standard InChI is InChI=1S/C17H17ClN2O5S/c1-25-15-8-7-14(20(21)22)11-16(15)26(23,24)19-17(9-2-10-17)12-3-5-13(18)6-4-12/h3-8,11,19H,2,9-10H2,1H3. The molecule has 0 heterocycles. The Morgan fingerprint density at radius 1 is 1.19 bits per heavy atom. The second kappa shape index (κ2) is 6.86. The molecule has 1 saturated carbocycles. The van der Waals surface area contributed by atoms with Crippen LogP contribution in [-0.2, 0) is 15.6 Å². The number of methoxy groups -OCH3 is 1. The van der Waals surface area contributed by atoms with E-state index in [2.05, 4.69) is 4.72 Å². The number of hydrogen-bond acceptors (Lipinski definition) is 5. The van der Waals surface area contributed by atoms with Crippen LogP contribution in [0.4, 0.5) is 5.69 Å². The first kappa shape index (κ1) is 18.6. The van der Waals surface area contributed by atoms with Gasteiger partial charge in [-0.3, -0.25) is 10.1 Å². The summed E-state index contributed by atoms with van der Waals surface area (Å²) in [6.07, 6.45) is 2.13. The highest BCUT2D eigenvalue weighted by Crippen LogP contribution is 2.43. The van der Waals surface area contributed by atoms with Gasteiger partial charge in [0.15, 0.2) is 0 Å². The number of sulfonamides is 1. The Morgan fingerprint density at radius 2 is 1.85 bits per heavy atom. The third kappa shape index (κ3) is 3.40. The van der Waals surface area contributed by atoms with E-state index in [1.165, 1.54) is 19.2 Å². The van der Waals surface area contributed by atoms with Crippen LogP contribution >= 0.6 is 11.6 Å². The lowest BCUT2D eigenvalue weighted by Gasteiger charge is -2.42. The molecule has 1 aliphatic rings. The summed E-state index contributed by atoms with van der Waals surface area (Å²) in [6.45, 7) is 0. The van der Waals surface area contributed by atoms with E-state index in [-0.39, 0.29) is 16.3 Å². The summed E-state index contributed by atoms with van der Waals surface area (Å²) in [4.78, 5) is 10.1. The molecule has 0 radical (unpaired) electrons. The van der Waals surface area contributed by atoms with Crippen molar-refractivity contribution in [2.75, 3.05) is 7.11 Å². The number of nitrogens with one attached hydrogen (secondary N) is 1. The predicted octanol–water partition coefficient (Wildman–Crippen LogP) is 3.61. The van der Waals surface area contributed by atoms with Crippen molar-refractivity contribution in [1.29, 1.82) is 0 Å². The highest BCUT2D eigenvalue weighted by molar-refractivity contribution is 7.89. The van der Waals surface area contributed by atoms with Crippen LogP contribution in [0, 0.1) is 10.1 Å². The molecule has 0 aromatic heterocycles. The van der Waals surface area contributed by atoms with Crippen molar-refractivity contribution in [2.24, 2.45) is 0 Å². The molecular formula is C17H17ClN2O5S. The molecule has 0 unspecified atom stereocenters. The van der Waals surface area contributed by atoms with E-state index in [4.69, 9.17) is 16.3 Å². The molecule has 1 aliphatic carbocycles. The van der Waals surface area contributed by atoms with Gasteiger partial charge >= 0.3 is 0 Å². The summed E-state index contributed by atoms with van der Waals surface area (Å²) in [6, 6.07) is 10.5. The smallest absolute Gasteiger partial charge is 0.271 e. The molecule has 0 aliphatic heterocycles. The molecule has 2 aromatic rings. The van der Waals surface area contributed by atoms with Crippen LogP contribution in [0.2, 0.25) is 5.02 Å². The molecule has 26 heavy (non-hydrogen) atoms. The molecule has 138 valence electrons. The minimum absolute atomic E-state index is 0.0497. The van der Waals surface area contributed by atoms with E-state index in [9.17, 15) is 18.5 Å². The topological polar surface area (TPSA) is 98.5 Å². The van der Waals surface area contributed by atoms with Gasteiger partial charge in [0.05, 0.1) is 17.6 Å². The first-order chi connectivity index (χ1) is 12.3. The first-order valence-corrected chi connectivity index (χ1v) is 9.76. The lowest BCUT2D eigenvalue weighted by molar-refractivity contribution is -0.385. The summed E-state index contributed by atoms with van der Waals surface area (Å²) in [5, 5.41) is 11.6. The largest absolute Gasteiger partial charge is 0.495 e. The molecule has 3 rings (SSSR count). The van der Waals surface area contributed by atoms with E-state index in [0.29, 0.717) is 17.9 Å². The minimum atomic E-state index is -4.05. The van der Waals surface area contributed by atoms with Gasteiger partial charge in [0.1, 0.15) is 10.6 Å². The van der Waals surface area contributed by atoms with E-state index >= 15 is 0 Å². The normalized spacial score (nSPS) is 15.9. The maximum Gasteiger partial charge on any atom is 0.271 e. The Kier molecular flexibility index (Phi) is 4.92. The number of benzene rings is 2. The average Bonchev–Trinajstić information content (AvgIpc) is 2.58. The van der Waals surface area contributed by atoms with Gasteiger partial charge in [0, 0.05) is 17.2 Å². The van der Waals surface area contributed by atoms with Gasteiger partial charge in [-0.25, -0.2) is 13.1 Å². The number of non-ortho nitro benzene ring substituents is 1. The lowest BCUT2D eigenvalue weighted by atomic mass is 9.73. The zero-order chi connectivity index (χ0) is 18.9. The predicted molar refractivity (Wildman–Crippen MR) is 97.0 cm³/mol. The summed E-state index contributed by atoms with van der Waals surface area (Å²) in [5.41, 5.74) is -0.263. The van der Waals surface area contributed by atoms with Gasteiger partial charge in [-0.05, 0) is 43.0 Å². The SMILES string of the molecule is COc1ccc([N+](=O)[O-])cc1S(=O)(=O)NC1(c2ccc(Cl)cc2)CCC1. The number of nitrogens with zero attached hydrogens (tertiary/aromatic N) is 1. The highest BCUT2D eigenvalue weighted by Gasteiger charge is 2.43.